The molecule has 1 rings (SSSR count). The Labute approximate surface area is 99.3 Å². The van der Waals surface area contributed by atoms with Gasteiger partial charge in [-0.2, -0.15) is 0 Å². The average Bonchev–Trinajstić information content (AvgIpc) is 2.23. The minimum atomic E-state index is -0.559. The van der Waals surface area contributed by atoms with E-state index in [1.165, 1.54) is 0 Å². The predicted octanol–water partition coefficient (Wildman–Crippen LogP) is 3.88. The van der Waals surface area contributed by atoms with Crippen LogP contribution in [0.3, 0.4) is 0 Å². The van der Waals surface area contributed by atoms with Crippen LogP contribution in [0.4, 0.5) is 0 Å². The van der Waals surface area contributed by atoms with E-state index in [9.17, 15) is 4.79 Å². The molecular weight excluding hydrogens is 235 g/mol. The number of hydrogen-bond donors (Lipinski definition) is 0. The largest absolute Gasteiger partial charge is 0.356 e. The van der Waals surface area contributed by atoms with Gasteiger partial charge in [0.05, 0.1) is 5.56 Å². The minimum absolute atomic E-state index is 0.457. The summed E-state index contributed by atoms with van der Waals surface area (Å²) in [6.07, 6.45) is 0. The van der Waals surface area contributed by atoms with Crippen molar-refractivity contribution in [2.45, 2.75) is 27.7 Å². The SMILES string of the molecule is Cc1c(C)c(Cl)c(C)c(C(=O)OCl)c1C. The van der Waals surface area contributed by atoms with Crippen molar-refractivity contribution >= 4 is 29.4 Å². The van der Waals surface area contributed by atoms with Crippen molar-refractivity contribution in [3.63, 3.8) is 0 Å². The first kappa shape index (κ1) is 12.3. The maximum atomic E-state index is 11.5. The van der Waals surface area contributed by atoms with Gasteiger partial charge in [0, 0.05) is 5.02 Å². The van der Waals surface area contributed by atoms with Crippen molar-refractivity contribution in [3.05, 3.63) is 32.8 Å². The fourth-order valence-electron chi connectivity index (χ4n) is 1.65. The van der Waals surface area contributed by atoms with Gasteiger partial charge in [-0.3, -0.25) is 0 Å². The molecule has 2 nitrogen and oxygen atoms in total. The van der Waals surface area contributed by atoms with Crippen molar-refractivity contribution in [1.29, 1.82) is 0 Å². The molecule has 15 heavy (non-hydrogen) atoms. The standard InChI is InChI=1S/C11H12Cl2O2/c1-5-6(2)9(11(14)15-13)8(4)10(12)7(5)3/h1-4H3. The lowest BCUT2D eigenvalue weighted by Gasteiger charge is -2.14. The predicted molar refractivity (Wildman–Crippen MR) is 61.7 cm³/mol. The monoisotopic (exact) mass is 246 g/mol. The number of halogens is 2. The summed E-state index contributed by atoms with van der Waals surface area (Å²) in [5, 5.41) is 0.593. The van der Waals surface area contributed by atoms with Crippen LogP contribution in [0.25, 0.3) is 0 Å². The molecule has 0 aromatic heterocycles. The maximum Gasteiger partial charge on any atom is 0.356 e. The number of rotatable bonds is 1. The smallest absolute Gasteiger partial charge is 0.343 e. The minimum Gasteiger partial charge on any atom is -0.343 e. The van der Waals surface area contributed by atoms with Crippen LogP contribution in [0.5, 0.6) is 0 Å². The van der Waals surface area contributed by atoms with Crippen LogP contribution in [-0.2, 0) is 4.29 Å². The van der Waals surface area contributed by atoms with E-state index in [1.807, 2.05) is 20.8 Å². The molecular formula is C11H12Cl2O2. The molecule has 1 aromatic carbocycles. The van der Waals surface area contributed by atoms with E-state index in [4.69, 9.17) is 23.5 Å². The molecule has 0 fully saturated rings. The third kappa shape index (κ3) is 1.97. The fraction of sp³-hybridized carbons (Fsp3) is 0.364. The summed E-state index contributed by atoms with van der Waals surface area (Å²) in [5.41, 5.74) is 4.00. The van der Waals surface area contributed by atoms with Gasteiger partial charge in [-0.05, 0) is 49.9 Å². The average molecular weight is 247 g/mol. The first-order valence-electron chi connectivity index (χ1n) is 4.50. The Morgan fingerprint density at radius 1 is 1.00 bits per heavy atom. The highest BCUT2D eigenvalue weighted by atomic mass is 35.5. The van der Waals surface area contributed by atoms with Gasteiger partial charge in [0.2, 0.25) is 0 Å². The Kier molecular flexibility index (Phi) is 3.63. The Morgan fingerprint density at radius 3 is 2.00 bits per heavy atom. The topological polar surface area (TPSA) is 26.3 Å². The second-order valence-corrected chi connectivity index (χ2v) is 4.09. The molecule has 0 aliphatic rings. The molecule has 0 N–H and O–H groups in total. The third-order valence-corrected chi connectivity index (χ3v) is 3.51. The highest BCUT2D eigenvalue weighted by Gasteiger charge is 2.19. The van der Waals surface area contributed by atoms with Crippen LogP contribution >= 0.6 is 23.5 Å². The normalized spacial score (nSPS) is 10.3. The van der Waals surface area contributed by atoms with Crippen molar-refractivity contribution in [2.24, 2.45) is 0 Å². The lowest BCUT2D eigenvalue weighted by atomic mass is 9.94. The van der Waals surface area contributed by atoms with Gasteiger partial charge >= 0.3 is 5.97 Å². The first-order chi connectivity index (χ1) is 6.91. The molecule has 0 aliphatic heterocycles. The van der Waals surface area contributed by atoms with Crippen LogP contribution in [0, 0.1) is 27.7 Å². The Balaban J connectivity index is 3.60. The number of carbonyl (C=O) groups is 1. The van der Waals surface area contributed by atoms with Gasteiger partial charge in [0.1, 0.15) is 11.9 Å². The number of hydrogen-bond acceptors (Lipinski definition) is 2. The summed E-state index contributed by atoms with van der Waals surface area (Å²) in [6, 6.07) is 0. The molecule has 0 bridgehead atoms. The van der Waals surface area contributed by atoms with E-state index >= 15 is 0 Å². The zero-order valence-corrected chi connectivity index (χ0v) is 10.6. The highest BCUT2D eigenvalue weighted by molar-refractivity contribution is 6.33. The summed E-state index contributed by atoms with van der Waals surface area (Å²) in [6.45, 7) is 7.48. The zero-order valence-electron chi connectivity index (χ0n) is 9.07. The molecule has 0 amide bonds. The second kappa shape index (κ2) is 4.42. The number of carbonyl (C=O) groups excluding carboxylic acids is 1. The zero-order chi connectivity index (χ0) is 11.7. The lowest BCUT2D eigenvalue weighted by molar-refractivity contribution is 0.0749. The summed E-state index contributed by atoms with van der Waals surface area (Å²) in [5.74, 6) is -0.559. The van der Waals surface area contributed by atoms with Crippen LogP contribution in [0.1, 0.15) is 32.6 Å². The fourth-order valence-corrected chi connectivity index (χ4v) is 1.96. The van der Waals surface area contributed by atoms with Gasteiger partial charge in [0.15, 0.2) is 0 Å². The van der Waals surface area contributed by atoms with Crippen molar-refractivity contribution in [2.75, 3.05) is 0 Å². The van der Waals surface area contributed by atoms with Crippen LogP contribution in [0.15, 0.2) is 0 Å². The van der Waals surface area contributed by atoms with Gasteiger partial charge in [-0.1, -0.05) is 11.6 Å². The highest BCUT2D eigenvalue weighted by Crippen LogP contribution is 2.30. The van der Waals surface area contributed by atoms with Gasteiger partial charge in [-0.15, -0.1) is 0 Å². The van der Waals surface area contributed by atoms with E-state index in [1.54, 1.807) is 6.92 Å². The summed E-state index contributed by atoms with van der Waals surface area (Å²) < 4.78 is 4.22. The molecule has 4 heteroatoms. The Morgan fingerprint density at radius 2 is 1.53 bits per heavy atom. The first-order valence-corrected chi connectivity index (χ1v) is 5.19. The molecule has 1 aromatic rings. The molecule has 0 saturated heterocycles. The summed E-state index contributed by atoms with van der Waals surface area (Å²) >= 11 is 11.2. The van der Waals surface area contributed by atoms with Crippen molar-refractivity contribution in [1.82, 2.24) is 0 Å². The van der Waals surface area contributed by atoms with E-state index in [0.29, 0.717) is 16.1 Å². The quantitative estimate of drug-likeness (QED) is 0.752. The van der Waals surface area contributed by atoms with Crippen molar-refractivity contribution < 1.29 is 9.08 Å². The molecule has 0 heterocycles. The number of benzene rings is 1. The molecule has 0 saturated carbocycles. The second-order valence-electron chi connectivity index (χ2n) is 3.55. The van der Waals surface area contributed by atoms with Crippen LogP contribution in [0.2, 0.25) is 5.02 Å². The van der Waals surface area contributed by atoms with Gasteiger partial charge in [-0.25, -0.2) is 4.79 Å². The molecule has 0 spiro atoms. The van der Waals surface area contributed by atoms with Crippen LogP contribution < -0.4 is 0 Å². The summed E-state index contributed by atoms with van der Waals surface area (Å²) in [4.78, 5) is 11.5. The van der Waals surface area contributed by atoms with Gasteiger partial charge < -0.3 is 4.29 Å². The molecule has 0 unspecified atom stereocenters. The van der Waals surface area contributed by atoms with E-state index in [0.717, 1.165) is 16.7 Å². The van der Waals surface area contributed by atoms with E-state index in [-0.39, 0.29) is 0 Å². The Bertz CT molecular complexity index is 396. The summed E-state index contributed by atoms with van der Waals surface area (Å²) in [7, 11) is 0. The van der Waals surface area contributed by atoms with E-state index in [2.05, 4.69) is 4.29 Å². The third-order valence-electron chi connectivity index (χ3n) is 2.81. The van der Waals surface area contributed by atoms with Crippen LogP contribution in [-0.4, -0.2) is 5.97 Å². The lowest BCUT2D eigenvalue weighted by Crippen LogP contribution is -2.08. The maximum absolute atomic E-state index is 11.5. The molecule has 82 valence electrons. The van der Waals surface area contributed by atoms with Gasteiger partial charge in [0.25, 0.3) is 0 Å². The molecule has 0 atom stereocenters. The molecule has 0 radical (unpaired) electrons. The Hall–Kier alpha value is -0.730. The van der Waals surface area contributed by atoms with Crippen molar-refractivity contribution in [3.8, 4) is 0 Å². The molecule has 0 aliphatic carbocycles. The van der Waals surface area contributed by atoms with E-state index < -0.39 is 5.97 Å².